The number of likely N-dealkylation sites (tertiary alicyclic amines) is 2. The summed E-state index contributed by atoms with van der Waals surface area (Å²) in [5.41, 5.74) is 0.991. The lowest BCUT2D eigenvalue weighted by Crippen LogP contribution is -2.40. The Morgan fingerprint density at radius 1 is 1.15 bits per heavy atom. The van der Waals surface area contributed by atoms with Gasteiger partial charge in [0, 0.05) is 39.1 Å². The predicted octanol–water partition coefficient (Wildman–Crippen LogP) is 3.47. The molecule has 3 rings (SSSR count). The Labute approximate surface area is 216 Å². The second-order valence-electron chi connectivity index (χ2n) is 9.16. The number of piperidine rings is 1. The molecule has 0 atom stereocenters. The molecule has 2 fully saturated rings. The number of rotatable bonds is 9. The van der Waals surface area contributed by atoms with Crippen LogP contribution in [0.3, 0.4) is 0 Å². The molecule has 3 heterocycles. The van der Waals surface area contributed by atoms with Gasteiger partial charge in [0.05, 0.1) is 12.2 Å². The highest BCUT2D eigenvalue weighted by molar-refractivity contribution is 14.0. The normalized spacial score (nSPS) is 18.7. The van der Waals surface area contributed by atoms with Crippen LogP contribution in [-0.2, 0) is 11.3 Å². The molecule has 8 nitrogen and oxygen atoms in total. The maximum Gasteiger partial charge on any atom is 0.222 e. The third-order valence-corrected chi connectivity index (χ3v) is 6.56. The number of carbonyl (C=O) groups is 1. The van der Waals surface area contributed by atoms with Crippen molar-refractivity contribution >= 4 is 35.8 Å². The Morgan fingerprint density at radius 3 is 2.64 bits per heavy atom. The zero-order chi connectivity index (χ0) is 22.8. The van der Waals surface area contributed by atoms with E-state index in [0.29, 0.717) is 18.2 Å². The van der Waals surface area contributed by atoms with Crippen LogP contribution in [0, 0.1) is 19.8 Å². The topological polar surface area (TPSA) is 86.0 Å². The first kappa shape index (κ1) is 27.9. The van der Waals surface area contributed by atoms with E-state index in [4.69, 9.17) is 9.41 Å². The van der Waals surface area contributed by atoms with Crippen molar-refractivity contribution in [1.82, 2.24) is 25.4 Å². The molecule has 0 radical (unpaired) electrons. The lowest BCUT2D eigenvalue weighted by atomic mass is 9.97. The van der Waals surface area contributed by atoms with Crippen molar-refractivity contribution in [3.63, 3.8) is 0 Å². The third-order valence-electron chi connectivity index (χ3n) is 6.56. The summed E-state index contributed by atoms with van der Waals surface area (Å²) in [6, 6.07) is 0. The van der Waals surface area contributed by atoms with E-state index in [0.717, 1.165) is 108 Å². The van der Waals surface area contributed by atoms with E-state index in [2.05, 4.69) is 27.4 Å². The number of nitrogens with zero attached hydrogens (tertiary/aromatic N) is 4. The SMILES string of the molecule is CCNC(=NCC1CCN(Cc2nc(C)c(C)o2)CC1)NCCCN1CCCCCC1=O.I. The van der Waals surface area contributed by atoms with Crippen LogP contribution in [-0.4, -0.2) is 72.5 Å². The van der Waals surface area contributed by atoms with E-state index in [-0.39, 0.29) is 24.0 Å². The summed E-state index contributed by atoms with van der Waals surface area (Å²) in [5.74, 6) is 3.58. The van der Waals surface area contributed by atoms with Crippen molar-refractivity contribution < 1.29 is 9.21 Å². The number of guanidine groups is 1. The second-order valence-corrected chi connectivity index (χ2v) is 9.16. The minimum atomic E-state index is 0. The maximum absolute atomic E-state index is 12.1. The van der Waals surface area contributed by atoms with Gasteiger partial charge < -0.3 is 20.0 Å². The average molecular weight is 575 g/mol. The van der Waals surface area contributed by atoms with Crippen LogP contribution in [0.25, 0.3) is 0 Å². The van der Waals surface area contributed by atoms with Gasteiger partial charge in [0.1, 0.15) is 5.76 Å². The van der Waals surface area contributed by atoms with Crippen LogP contribution in [0.1, 0.15) is 69.2 Å². The number of hydrogen-bond acceptors (Lipinski definition) is 5. The van der Waals surface area contributed by atoms with Crippen molar-refractivity contribution in [1.29, 1.82) is 0 Å². The Bertz CT molecular complexity index is 726. The van der Waals surface area contributed by atoms with Crippen LogP contribution in [0.2, 0.25) is 0 Å². The summed E-state index contributed by atoms with van der Waals surface area (Å²) >= 11 is 0. The first-order chi connectivity index (χ1) is 15.5. The van der Waals surface area contributed by atoms with Crippen LogP contribution < -0.4 is 10.6 Å². The smallest absolute Gasteiger partial charge is 0.222 e. The quantitative estimate of drug-likeness (QED) is 0.204. The second kappa shape index (κ2) is 14.8. The monoisotopic (exact) mass is 574 g/mol. The van der Waals surface area contributed by atoms with Gasteiger partial charge in [-0.1, -0.05) is 6.42 Å². The maximum atomic E-state index is 12.1. The minimum absolute atomic E-state index is 0. The molecule has 0 saturated carbocycles. The van der Waals surface area contributed by atoms with Gasteiger partial charge in [-0.2, -0.15) is 0 Å². The van der Waals surface area contributed by atoms with E-state index in [1.165, 1.54) is 6.42 Å². The van der Waals surface area contributed by atoms with Crippen molar-refractivity contribution in [2.45, 2.75) is 72.3 Å². The van der Waals surface area contributed by atoms with Gasteiger partial charge in [-0.25, -0.2) is 4.98 Å². The fourth-order valence-electron chi connectivity index (χ4n) is 4.44. The van der Waals surface area contributed by atoms with Crippen molar-refractivity contribution in [2.24, 2.45) is 10.9 Å². The van der Waals surface area contributed by atoms with Gasteiger partial charge in [-0.3, -0.25) is 14.7 Å². The number of oxazole rings is 1. The van der Waals surface area contributed by atoms with Gasteiger partial charge in [0.25, 0.3) is 0 Å². The summed E-state index contributed by atoms with van der Waals surface area (Å²) in [7, 11) is 0. The molecule has 188 valence electrons. The highest BCUT2D eigenvalue weighted by Gasteiger charge is 2.21. The first-order valence-electron chi connectivity index (χ1n) is 12.5. The number of nitrogens with one attached hydrogen (secondary N) is 2. The molecule has 9 heteroatoms. The number of amides is 1. The number of aliphatic imine (C=N–C) groups is 1. The molecular formula is C24H43IN6O2. The molecule has 2 N–H and O–H groups in total. The first-order valence-corrected chi connectivity index (χ1v) is 12.5. The molecule has 0 spiro atoms. The Morgan fingerprint density at radius 2 is 1.94 bits per heavy atom. The number of hydrogen-bond donors (Lipinski definition) is 2. The molecule has 0 aromatic carbocycles. The minimum Gasteiger partial charge on any atom is -0.444 e. The zero-order valence-corrected chi connectivity index (χ0v) is 23.0. The van der Waals surface area contributed by atoms with E-state index >= 15 is 0 Å². The van der Waals surface area contributed by atoms with E-state index < -0.39 is 0 Å². The summed E-state index contributed by atoms with van der Waals surface area (Å²) in [5, 5.41) is 6.80. The fourth-order valence-corrected chi connectivity index (χ4v) is 4.44. The van der Waals surface area contributed by atoms with E-state index in [1.807, 2.05) is 18.7 Å². The van der Waals surface area contributed by atoms with Gasteiger partial charge in [0.2, 0.25) is 11.8 Å². The number of halogens is 1. The average Bonchev–Trinajstić information content (AvgIpc) is 2.96. The predicted molar refractivity (Wildman–Crippen MR) is 143 cm³/mol. The van der Waals surface area contributed by atoms with Gasteiger partial charge in [-0.05, 0) is 71.9 Å². The highest BCUT2D eigenvalue weighted by atomic mass is 127. The molecule has 1 aromatic heterocycles. The Hall–Kier alpha value is -1.36. The molecule has 33 heavy (non-hydrogen) atoms. The Kier molecular flexibility index (Phi) is 12.5. The zero-order valence-electron chi connectivity index (χ0n) is 20.7. The van der Waals surface area contributed by atoms with Crippen molar-refractivity contribution in [2.75, 3.05) is 45.8 Å². The van der Waals surface area contributed by atoms with Gasteiger partial charge in [0.15, 0.2) is 5.96 Å². The number of aryl methyl sites for hydroxylation is 2. The van der Waals surface area contributed by atoms with Crippen molar-refractivity contribution in [3.8, 4) is 0 Å². The van der Waals surface area contributed by atoms with Gasteiger partial charge >= 0.3 is 0 Å². The summed E-state index contributed by atoms with van der Waals surface area (Å²) in [6.45, 7) is 13.3. The molecule has 0 aliphatic carbocycles. The summed E-state index contributed by atoms with van der Waals surface area (Å²) in [6.07, 6.45) is 7.33. The molecule has 2 aliphatic heterocycles. The van der Waals surface area contributed by atoms with Crippen LogP contribution in [0.15, 0.2) is 9.41 Å². The van der Waals surface area contributed by atoms with E-state index in [9.17, 15) is 4.79 Å². The molecule has 1 amide bonds. The van der Waals surface area contributed by atoms with Crippen LogP contribution in [0.5, 0.6) is 0 Å². The number of carbonyl (C=O) groups excluding carboxylic acids is 1. The molecule has 1 aromatic rings. The summed E-state index contributed by atoms with van der Waals surface area (Å²) in [4.78, 5) is 25.9. The van der Waals surface area contributed by atoms with Gasteiger partial charge in [-0.15, -0.1) is 24.0 Å². The standard InChI is InChI=1S/C24H42N6O2.HI/c1-4-25-24(26-12-8-14-30-13-7-5-6-9-23(30)31)27-17-21-10-15-29(16-11-21)18-22-28-19(2)20(3)32-22;/h21H,4-18H2,1-3H3,(H2,25,26,27);1H. The van der Waals surface area contributed by atoms with Crippen LogP contribution in [0.4, 0.5) is 0 Å². The van der Waals surface area contributed by atoms with Crippen LogP contribution >= 0.6 is 24.0 Å². The molecule has 2 aliphatic rings. The highest BCUT2D eigenvalue weighted by Crippen LogP contribution is 2.20. The molecular weight excluding hydrogens is 531 g/mol. The number of aromatic nitrogens is 1. The Balaban J connectivity index is 0.00000385. The summed E-state index contributed by atoms with van der Waals surface area (Å²) < 4.78 is 5.73. The lowest BCUT2D eigenvalue weighted by Gasteiger charge is -2.30. The largest absolute Gasteiger partial charge is 0.444 e. The van der Waals surface area contributed by atoms with E-state index in [1.54, 1.807) is 0 Å². The molecule has 0 bridgehead atoms. The fraction of sp³-hybridized carbons (Fsp3) is 0.792. The lowest BCUT2D eigenvalue weighted by molar-refractivity contribution is -0.130. The third kappa shape index (κ3) is 9.42. The van der Waals surface area contributed by atoms with Crippen molar-refractivity contribution in [3.05, 3.63) is 17.3 Å². The molecule has 0 unspecified atom stereocenters. The molecule has 2 saturated heterocycles.